The number of benzene rings is 1. The Kier molecular flexibility index (Phi) is 9.14. The summed E-state index contributed by atoms with van der Waals surface area (Å²) in [5, 5.41) is 0. The summed E-state index contributed by atoms with van der Waals surface area (Å²) < 4.78 is 20.9. The predicted molar refractivity (Wildman–Crippen MR) is 112 cm³/mol. The first-order valence-corrected chi connectivity index (χ1v) is 9.77. The number of amides is 1. The van der Waals surface area contributed by atoms with Crippen LogP contribution in [0.25, 0.3) is 0 Å². The summed E-state index contributed by atoms with van der Waals surface area (Å²) in [4.78, 5) is 38.9. The summed E-state index contributed by atoms with van der Waals surface area (Å²) in [6, 6.07) is 3.87. The Balaban J connectivity index is 2.89. The molecule has 0 spiro atoms. The average molecular weight is 424 g/mol. The minimum atomic E-state index is -0.870. The second kappa shape index (κ2) is 10.8. The second-order valence-corrected chi connectivity index (χ2v) is 8.33. The molecule has 168 valence electrons. The van der Waals surface area contributed by atoms with E-state index in [1.54, 1.807) is 39.0 Å². The van der Waals surface area contributed by atoms with Crippen LogP contribution in [-0.4, -0.2) is 62.3 Å². The maximum Gasteiger partial charge on any atom is 0.410 e. The number of Topliss-reactive ketones (excluding diaryl/α,β-unsaturated/α-hetero) is 1. The van der Waals surface area contributed by atoms with E-state index in [4.69, 9.17) is 18.9 Å². The van der Waals surface area contributed by atoms with Crippen LogP contribution in [0.1, 0.15) is 51.4 Å². The van der Waals surface area contributed by atoms with Gasteiger partial charge < -0.3 is 18.9 Å². The Morgan fingerprint density at radius 2 is 1.70 bits per heavy atom. The van der Waals surface area contributed by atoms with Crippen molar-refractivity contribution >= 4 is 17.8 Å². The summed E-state index contributed by atoms with van der Waals surface area (Å²) in [5.41, 5.74) is -0.426. The molecule has 0 saturated heterocycles. The molecule has 1 amide bonds. The van der Waals surface area contributed by atoms with Crippen LogP contribution >= 0.6 is 0 Å². The van der Waals surface area contributed by atoms with Gasteiger partial charge in [-0.25, -0.2) is 9.59 Å². The van der Waals surface area contributed by atoms with Gasteiger partial charge in [0.25, 0.3) is 0 Å². The molecular formula is C22H33NO7. The zero-order valence-corrected chi connectivity index (χ0v) is 19.1. The number of hydrogen-bond acceptors (Lipinski definition) is 7. The fourth-order valence-corrected chi connectivity index (χ4v) is 2.66. The van der Waals surface area contributed by atoms with E-state index in [9.17, 15) is 14.4 Å². The molecule has 30 heavy (non-hydrogen) atoms. The number of nitrogens with zero attached hydrogens (tertiary/aromatic N) is 1. The van der Waals surface area contributed by atoms with Gasteiger partial charge in [0, 0.05) is 13.1 Å². The first-order valence-electron chi connectivity index (χ1n) is 9.77. The molecule has 0 aliphatic rings. The minimum absolute atomic E-state index is 0.116. The van der Waals surface area contributed by atoms with Gasteiger partial charge in [-0.05, 0) is 45.2 Å². The van der Waals surface area contributed by atoms with Crippen LogP contribution in [0.5, 0.6) is 11.5 Å². The zero-order chi connectivity index (χ0) is 23.1. The maximum atomic E-state index is 12.7. The lowest BCUT2D eigenvalue weighted by molar-refractivity contribution is -0.148. The van der Waals surface area contributed by atoms with Crippen LogP contribution in [-0.2, 0) is 14.3 Å². The lowest BCUT2D eigenvalue weighted by Gasteiger charge is -2.30. The molecule has 1 atom stereocenters. The summed E-state index contributed by atoms with van der Waals surface area (Å²) in [6.45, 7) is 8.62. The number of esters is 1. The molecule has 1 rings (SSSR count). The first kappa shape index (κ1) is 25.3. The highest BCUT2D eigenvalue weighted by atomic mass is 16.6. The van der Waals surface area contributed by atoms with Crippen molar-refractivity contribution < 1.29 is 33.3 Å². The van der Waals surface area contributed by atoms with E-state index in [1.165, 1.54) is 26.2 Å². The average Bonchev–Trinajstić information content (AvgIpc) is 2.67. The number of carbonyl (C=O) groups excluding carboxylic acids is 3. The van der Waals surface area contributed by atoms with Crippen LogP contribution in [0.2, 0.25) is 0 Å². The molecule has 0 fully saturated rings. The quantitative estimate of drug-likeness (QED) is 0.442. The Bertz CT molecular complexity index is 752. The smallest absolute Gasteiger partial charge is 0.410 e. The van der Waals surface area contributed by atoms with E-state index in [0.29, 0.717) is 17.9 Å². The highest BCUT2D eigenvalue weighted by molar-refractivity contribution is 6.00. The van der Waals surface area contributed by atoms with Gasteiger partial charge in [-0.15, -0.1) is 0 Å². The molecule has 8 heteroatoms. The van der Waals surface area contributed by atoms with Crippen LogP contribution in [0.3, 0.4) is 0 Å². The van der Waals surface area contributed by atoms with Crippen molar-refractivity contribution in [3.8, 4) is 11.5 Å². The van der Waals surface area contributed by atoms with Crippen LogP contribution in [0.15, 0.2) is 18.2 Å². The topological polar surface area (TPSA) is 91.4 Å². The normalized spacial score (nSPS) is 12.2. The third kappa shape index (κ3) is 7.57. The number of carbonyl (C=O) groups is 3. The molecule has 1 aromatic rings. The van der Waals surface area contributed by atoms with Gasteiger partial charge >= 0.3 is 12.1 Å². The molecule has 1 aromatic carbocycles. The molecule has 0 radical (unpaired) electrons. The van der Waals surface area contributed by atoms with Gasteiger partial charge in [-0.3, -0.25) is 9.69 Å². The standard InChI is InChI=1S/C22H33NO7/c1-14(2)11-17(23(6)21(26)30-22(3,4)5)20(25)29-13-18(24)16-10-9-15(27-7)12-19(16)28-8/h9-10,12,14,17H,11,13H2,1-8H3/t17-/m0/s1. The number of hydrogen-bond donors (Lipinski definition) is 0. The van der Waals surface area contributed by atoms with Gasteiger partial charge in [-0.1, -0.05) is 13.8 Å². The lowest BCUT2D eigenvalue weighted by Crippen LogP contribution is -2.46. The van der Waals surface area contributed by atoms with Crippen LogP contribution in [0, 0.1) is 5.92 Å². The number of ketones is 1. The van der Waals surface area contributed by atoms with Crippen molar-refractivity contribution in [2.45, 2.75) is 52.7 Å². The van der Waals surface area contributed by atoms with Crippen LogP contribution in [0.4, 0.5) is 4.79 Å². The van der Waals surface area contributed by atoms with Crippen molar-refractivity contribution in [2.75, 3.05) is 27.9 Å². The van der Waals surface area contributed by atoms with Gasteiger partial charge in [0.05, 0.1) is 19.8 Å². The van der Waals surface area contributed by atoms with E-state index < -0.39 is 36.1 Å². The highest BCUT2D eigenvalue weighted by Crippen LogP contribution is 2.25. The fraction of sp³-hybridized carbons (Fsp3) is 0.591. The van der Waals surface area contributed by atoms with E-state index in [1.807, 2.05) is 13.8 Å². The third-order valence-electron chi connectivity index (χ3n) is 4.17. The van der Waals surface area contributed by atoms with Crippen molar-refractivity contribution in [1.82, 2.24) is 4.90 Å². The highest BCUT2D eigenvalue weighted by Gasteiger charge is 2.32. The number of methoxy groups -OCH3 is 2. The Labute approximate surface area is 178 Å². The Hall–Kier alpha value is -2.77. The molecule has 0 unspecified atom stereocenters. The largest absolute Gasteiger partial charge is 0.497 e. The van der Waals surface area contributed by atoms with Gasteiger partial charge in [0.2, 0.25) is 5.78 Å². The summed E-state index contributed by atoms with van der Waals surface area (Å²) in [7, 11) is 4.43. The Morgan fingerprint density at radius 3 is 2.20 bits per heavy atom. The Morgan fingerprint density at radius 1 is 1.07 bits per heavy atom. The molecule has 0 bridgehead atoms. The summed E-state index contributed by atoms with van der Waals surface area (Å²) in [5.74, 6) is -0.120. The van der Waals surface area contributed by atoms with Crippen molar-refractivity contribution in [2.24, 2.45) is 5.92 Å². The summed E-state index contributed by atoms with van der Waals surface area (Å²) in [6.07, 6.45) is -0.262. The van der Waals surface area contributed by atoms with Crippen molar-refractivity contribution in [3.05, 3.63) is 23.8 Å². The van der Waals surface area contributed by atoms with E-state index in [-0.39, 0.29) is 11.5 Å². The minimum Gasteiger partial charge on any atom is -0.497 e. The molecule has 0 aliphatic heterocycles. The van der Waals surface area contributed by atoms with Crippen molar-refractivity contribution in [3.63, 3.8) is 0 Å². The van der Waals surface area contributed by atoms with E-state index in [0.717, 1.165) is 0 Å². The van der Waals surface area contributed by atoms with E-state index >= 15 is 0 Å². The second-order valence-electron chi connectivity index (χ2n) is 8.33. The third-order valence-corrected chi connectivity index (χ3v) is 4.17. The fourth-order valence-electron chi connectivity index (χ4n) is 2.66. The molecule has 0 N–H and O–H groups in total. The van der Waals surface area contributed by atoms with Crippen LogP contribution < -0.4 is 9.47 Å². The van der Waals surface area contributed by atoms with E-state index in [2.05, 4.69) is 0 Å². The van der Waals surface area contributed by atoms with Crippen molar-refractivity contribution in [1.29, 1.82) is 0 Å². The molecule has 8 nitrogen and oxygen atoms in total. The van der Waals surface area contributed by atoms with Gasteiger partial charge in [-0.2, -0.15) is 0 Å². The first-order chi connectivity index (χ1) is 13.9. The van der Waals surface area contributed by atoms with Gasteiger partial charge in [0.1, 0.15) is 23.1 Å². The lowest BCUT2D eigenvalue weighted by atomic mass is 10.0. The molecule has 0 saturated carbocycles. The van der Waals surface area contributed by atoms with Gasteiger partial charge in [0.15, 0.2) is 6.61 Å². The monoisotopic (exact) mass is 423 g/mol. The molecule has 0 aromatic heterocycles. The number of likely N-dealkylation sites (N-methyl/N-ethyl adjacent to an activating group) is 1. The summed E-state index contributed by atoms with van der Waals surface area (Å²) >= 11 is 0. The SMILES string of the molecule is COc1ccc(C(=O)COC(=O)[C@H](CC(C)C)N(C)C(=O)OC(C)(C)C)c(OC)c1. The zero-order valence-electron chi connectivity index (χ0n) is 19.1. The maximum absolute atomic E-state index is 12.7. The molecule has 0 aliphatic carbocycles. The number of rotatable bonds is 9. The molecule has 0 heterocycles. The predicted octanol–water partition coefficient (Wildman–Crippen LogP) is 3.71. The molecular weight excluding hydrogens is 390 g/mol. The number of ether oxygens (including phenoxy) is 4.